The number of hydrogen-bond donors (Lipinski definition) is 0. The van der Waals surface area contributed by atoms with Gasteiger partial charge in [-0.2, -0.15) is 0 Å². The maximum atomic E-state index is 7.81. The zero-order valence-electron chi connectivity index (χ0n) is 22.8. The summed E-state index contributed by atoms with van der Waals surface area (Å²) in [5.41, 5.74) is 12.2. The minimum absolute atomic E-state index is 0.0187. The van der Waals surface area contributed by atoms with Crippen LogP contribution in [0.15, 0.2) is 84.4 Å². The fourth-order valence-electron chi connectivity index (χ4n) is 6.64. The summed E-state index contributed by atoms with van der Waals surface area (Å²) in [5.74, 6) is 0. The molecule has 4 heteroatoms. The second kappa shape index (κ2) is 9.74. The first-order valence-electron chi connectivity index (χ1n) is 13.6. The molecule has 6 rings (SSSR count). The van der Waals surface area contributed by atoms with Crippen molar-refractivity contribution >= 4 is 46.3 Å². The Kier molecular flexibility index (Phi) is 6.80. The van der Waals surface area contributed by atoms with Crippen molar-refractivity contribution in [3.8, 4) is 22.3 Å². The van der Waals surface area contributed by atoms with Crippen molar-refractivity contribution in [1.29, 1.82) is 0 Å². The number of hydrogen-bond acceptors (Lipinski definition) is 0. The van der Waals surface area contributed by atoms with E-state index in [0.29, 0.717) is 0 Å². The number of benzene rings is 4. The van der Waals surface area contributed by atoms with Crippen LogP contribution in [0.5, 0.6) is 0 Å². The van der Waals surface area contributed by atoms with Gasteiger partial charge in [0.25, 0.3) is 0 Å². The molecule has 0 radical (unpaired) electrons. The first-order valence-corrected chi connectivity index (χ1v) is 24.0. The van der Waals surface area contributed by atoms with Crippen LogP contribution in [0.25, 0.3) is 28.3 Å². The Morgan fingerprint density at radius 2 is 1.50 bits per heavy atom. The zero-order chi connectivity index (χ0) is 26.8. The van der Waals surface area contributed by atoms with Crippen LogP contribution < -0.4 is 13.6 Å². The van der Waals surface area contributed by atoms with Gasteiger partial charge in [-0.3, -0.25) is 0 Å². The molecule has 0 saturated carbocycles. The van der Waals surface area contributed by atoms with Gasteiger partial charge in [-0.05, 0) is 0 Å². The van der Waals surface area contributed by atoms with Crippen LogP contribution in [0.2, 0.25) is 0 Å². The Morgan fingerprint density at radius 3 is 2.21 bits per heavy atom. The second-order valence-corrected chi connectivity index (χ2v) is 27.7. The predicted octanol–water partition coefficient (Wildman–Crippen LogP) is 7.69. The monoisotopic (exact) mass is 630 g/mol. The number of allylic oxidation sites excluding steroid dienone is 1. The maximum absolute atomic E-state index is 7.81. The fourth-order valence-corrected chi connectivity index (χ4v) is 23.6. The molecule has 0 bridgehead atoms. The van der Waals surface area contributed by atoms with Crippen molar-refractivity contribution in [3.05, 3.63) is 107 Å². The number of aryl methyl sites for hydroxylation is 1. The van der Waals surface area contributed by atoms with Crippen molar-refractivity contribution in [2.24, 2.45) is 0 Å². The molecule has 4 aromatic rings. The van der Waals surface area contributed by atoms with Crippen LogP contribution in [-0.2, 0) is 23.3 Å². The van der Waals surface area contributed by atoms with Crippen LogP contribution in [0.4, 0.5) is 0 Å². The zero-order valence-corrected chi connectivity index (χ0v) is 28.2. The number of halogens is 2. The molecule has 2 aliphatic rings. The summed E-state index contributed by atoms with van der Waals surface area (Å²) in [4.78, 5) is 0. The average Bonchev–Trinajstić information content (AvgIpc) is 3.46. The molecule has 0 amide bonds. The van der Waals surface area contributed by atoms with Gasteiger partial charge in [0.05, 0.1) is 0 Å². The third kappa shape index (κ3) is 4.19. The van der Waals surface area contributed by atoms with Gasteiger partial charge < -0.3 is 0 Å². The normalized spacial score (nSPS) is 16.8. The number of fused-ring (bicyclic) bond motifs is 4. The summed E-state index contributed by atoms with van der Waals surface area (Å²) in [5, 5.41) is 3.00. The summed E-state index contributed by atoms with van der Waals surface area (Å²) in [6.07, 6.45) is 3.41. The Labute approximate surface area is 241 Å². The molecule has 1 unspecified atom stereocenters. The van der Waals surface area contributed by atoms with Gasteiger partial charge in [0.15, 0.2) is 0 Å². The Morgan fingerprint density at radius 1 is 0.816 bits per heavy atom. The van der Waals surface area contributed by atoms with Crippen LogP contribution >= 0.6 is 17.0 Å². The molecule has 0 fully saturated rings. The predicted molar refractivity (Wildman–Crippen MR) is 167 cm³/mol. The van der Waals surface area contributed by atoms with Crippen molar-refractivity contribution in [1.82, 2.24) is 0 Å². The topological polar surface area (TPSA) is 0 Å². The molecule has 0 nitrogen and oxygen atoms in total. The summed E-state index contributed by atoms with van der Waals surface area (Å²) in [6.45, 7) is 11.4. The van der Waals surface area contributed by atoms with Crippen LogP contribution in [0, 0.1) is 6.92 Å². The van der Waals surface area contributed by atoms with Crippen molar-refractivity contribution in [2.75, 3.05) is 0 Å². The molecule has 0 aromatic heterocycles. The van der Waals surface area contributed by atoms with Gasteiger partial charge in [0.1, 0.15) is 0 Å². The van der Waals surface area contributed by atoms with E-state index < -0.39 is 27.4 Å². The Bertz CT molecular complexity index is 1610. The van der Waals surface area contributed by atoms with Crippen molar-refractivity contribution < 1.29 is 17.9 Å². The molecule has 4 aromatic carbocycles. The molecule has 1 atom stereocenters. The van der Waals surface area contributed by atoms with E-state index in [4.69, 9.17) is 17.0 Å². The molecule has 1 aliphatic heterocycles. The Balaban J connectivity index is 1.56. The summed E-state index contributed by atoms with van der Waals surface area (Å²) >= 11 is -3.95. The van der Waals surface area contributed by atoms with Gasteiger partial charge in [-0.15, -0.1) is 0 Å². The van der Waals surface area contributed by atoms with E-state index in [1.165, 1.54) is 63.7 Å². The van der Waals surface area contributed by atoms with E-state index in [-0.39, 0.29) is 9.04 Å². The molecular formula is C34H34Cl2SiZr. The molecule has 0 N–H and O–H groups in total. The molecule has 1 heterocycles. The first kappa shape index (κ1) is 26.5. The van der Waals surface area contributed by atoms with Crippen LogP contribution in [-0.4, -0.2) is 9.52 Å². The number of rotatable bonds is 4. The molecule has 192 valence electrons. The standard InChI is InChI=1S/C22H25.C12H9Si.2ClH.Zr/c1-6-16-13-17-11-12-20(22(3,4)5)21(19(17)14-16)18-10-8-7-9-15(18)2;1-3-7-11-9(5-1)10-6-2-4-8-12(10)13-11;;;/h7-14H,6H2,1-5H3;1-7H,13H2;2*1H;/q;;;;+2/p-2. The van der Waals surface area contributed by atoms with E-state index in [9.17, 15) is 0 Å². The SMILES string of the molecule is CCC1=Cc2c(ccc(C(C)(C)C)c2-c2ccccc2C)[CH]1[Zr]([Cl])([Cl])[c]1cccc2c1[SiH2]c1ccccc1-2. The van der Waals surface area contributed by atoms with Gasteiger partial charge in [-0.25, -0.2) is 0 Å². The Hall–Kier alpha value is -1.70. The molecule has 38 heavy (non-hydrogen) atoms. The van der Waals surface area contributed by atoms with Gasteiger partial charge in [0.2, 0.25) is 0 Å². The van der Waals surface area contributed by atoms with Crippen LogP contribution in [0.3, 0.4) is 0 Å². The van der Waals surface area contributed by atoms with Gasteiger partial charge in [-0.1, -0.05) is 0 Å². The third-order valence-electron chi connectivity index (χ3n) is 8.49. The van der Waals surface area contributed by atoms with E-state index in [2.05, 4.69) is 120 Å². The van der Waals surface area contributed by atoms with E-state index in [1.807, 2.05) is 0 Å². The molecule has 1 aliphatic carbocycles. The molecular weight excluding hydrogens is 599 g/mol. The van der Waals surface area contributed by atoms with Crippen molar-refractivity contribution in [3.63, 3.8) is 0 Å². The molecule has 0 spiro atoms. The second-order valence-electron chi connectivity index (χ2n) is 11.9. The summed E-state index contributed by atoms with van der Waals surface area (Å²) in [7, 11) is 15.0. The summed E-state index contributed by atoms with van der Waals surface area (Å²) < 4.78 is 1.42. The van der Waals surface area contributed by atoms with E-state index in [0.717, 1.165) is 6.42 Å². The minimum atomic E-state index is -3.95. The van der Waals surface area contributed by atoms with Gasteiger partial charge in [0, 0.05) is 0 Å². The fraction of sp³-hybridized carbons (Fsp3) is 0.235. The first-order chi connectivity index (χ1) is 18.1. The van der Waals surface area contributed by atoms with Crippen LogP contribution in [0.1, 0.15) is 60.0 Å². The van der Waals surface area contributed by atoms with E-state index in [1.54, 1.807) is 0 Å². The van der Waals surface area contributed by atoms with Gasteiger partial charge >= 0.3 is 243 Å². The third-order valence-corrected chi connectivity index (χ3v) is 22.8. The molecule has 0 saturated heterocycles. The van der Waals surface area contributed by atoms with E-state index >= 15 is 0 Å². The average molecular weight is 633 g/mol. The quantitative estimate of drug-likeness (QED) is 0.178. The van der Waals surface area contributed by atoms with Crippen molar-refractivity contribution in [2.45, 2.75) is 50.1 Å². The summed E-state index contributed by atoms with van der Waals surface area (Å²) in [6, 6.07) is 29.1.